The molecule has 0 aromatic heterocycles. The lowest BCUT2D eigenvalue weighted by Crippen LogP contribution is -2.44. The van der Waals surface area contributed by atoms with Gasteiger partial charge in [0.25, 0.3) is 0 Å². The molecule has 76 valence electrons. The van der Waals surface area contributed by atoms with E-state index in [0.29, 0.717) is 0 Å². The summed E-state index contributed by atoms with van der Waals surface area (Å²) in [5, 5.41) is 8.72. The lowest BCUT2D eigenvalue weighted by Gasteiger charge is -2.32. The molecule has 1 aliphatic rings. The highest BCUT2D eigenvalue weighted by Crippen LogP contribution is 2.19. The van der Waals surface area contributed by atoms with Gasteiger partial charge in [-0.1, -0.05) is 6.92 Å². The molecule has 0 amide bonds. The first-order valence-corrected chi connectivity index (χ1v) is 4.86. The highest BCUT2D eigenvalue weighted by atomic mass is 16.4. The predicted molar refractivity (Wildman–Crippen MR) is 50.4 cm³/mol. The SMILES string of the molecule is CCN1CCC(C(N)C(=O)O)CC1. The Balaban J connectivity index is 2.36. The Kier molecular flexibility index (Phi) is 3.69. The summed E-state index contributed by atoms with van der Waals surface area (Å²) in [5.41, 5.74) is 5.56. The predicted octanol–water partition coefficient (Wildman–Crippen LogP) is 0.130. The van der Waals surface area contributed by atoms with Crippen LogP contribution >= 0.6 is 0 Å². The monoisotopic (exact) mass is 186 g/mol. The summed E-state index contributed by atoms with van der Waals surface area (Å²) in [6.45, 7) is 5.15. The van der Waals surface area contributed by atoms with Crippen LogP contribution in [0.25, 0.3) is 0 Å². The van der Waals surface area contributed by atoms with Gasteiger partial charge < -0.3 is 15.7 Å². The first kappa shape index (κ1) is 10.5. The minimum Gasteiger partial charge on any atom is -0.480 e. The second-order valence-electron chi connectivity index (χ2n) is 3.64. The van der Waals surface area contributed by atoms with Crippen LogP contribution in [0.3, 0.4) is 0 Å². The zero-order valence-corrected chi connectivity index (χ0v) is 8.07. The number of likely N-dealkylation sites (tertiary alicyclic amines) is 1. The molecule has 0 aliphatic carbocycles. The number of hydrogen-bond donors (Lipinski definition) is 2. The summed E-state index contributed by atoms with van der Waals surface area (Å²) in [7, 11) is 0. The van der Waals surface area contributed by atoms with Crippen molar-refractivity contribution in [2.75, 3.05) is 19.6 Å². The van der Waals surface area contributed by atoms with Crippen LogP contribution in [0.1, 0.15) is 19.8 Å². The third kappa shape index (κ3) is 2.67. The van der Waals surface area contributed by atoms with Crippen LogP contribution in [0.15, 0.2) is 0 Å². The van der Waals surface area contributed by atoms with Crippen molar-refractivity contribution in [2.24, 2.45) is 11.7 Å². The van der Waals surface area contributed by atoms with Gasteiger partial charge >= 0.3 is 5.97 Å². The molecule has 0 bridgehead atoms. The molecule has 4 nitrogen and oxygen atoms in total. The van der Waals surface area contributed by atoms with E-state index in [1.165, 1.54) is 0 Å². The maximum Gasteiger partial charge on any atom is 0.320 e. The third-order valence-electron chi connectivity index (χ3n) is 2.87. The summed E-state index contributed by atoms with van der Waals surface area (Å²) in [6.07, 6.45) is 1.84. The molecule has 0 spiro atoms. The number of carbonyl (C=O) groups is 1. The highest BCUT2D eigenvalue weighted by molar-refractivity contribution is 5.73. The van der Waals surface area contributed by atoms with Crippen molar-refractivity contribution in [2.45, 2.75) is 25.8 Å². The molecular weight excluding hydrogens is 168 g/mol. The van der Waals surface area contributed by atoms with Gasteiger partial charge in [0.15, 0.2) is 0 Å². The van der Waals surface area contributed by atoms with Crippen LogP contribution in [0.5, 0.6) is 0 Å². The minimum absolute atomic E-state index is 0.167. The number of nitrogens with zero attached hydrogens (tertiary/aromatic N) is 1. The fourth-order valence-electron chi connectivity index (χ4n) is 1.83. The fraction of sp³-hybridized carbons (Fsp3) is 0.889. The standard InChI is InChI=1S/C9H18N2O2/c1-2-11-5-3-7(4-6-11)8(10)9(12)13/h7-8H,2-6,10H2,1H3,(H,12,13). The summed E-state index contributed by atoms with van der Waals surface area (Å²) >= 11 is 0. The molecule has 1 rings (SSSR count). The number of hydrogen-bond acceptors (Lipinski definition) is 3. The molecule has 3 N–H and O–H groups in total. The van der Waals surface area contributed by atoms with Gasteiger partial charge in [-0.05, 0) is 38.4 Å². The van der Waals surface area contributed by atoms with E-state index in [0.717, 1.165) is 32.5 Å². The van der Waals surface area contributed by atoms with E-state index >= 15 is 0 Å². The van der Waals surface area contributed by atoms with Crippen LogP contribution < -0.4 is 5.73 Å². The molecule has 0 saturated carbocycles. The van der Waals surface area contributed by atoms with Crippen molar-refractivity contribution in [3.05, 3.63) is 0 Å². The number of aliphatic carboxylic acids is 1. The van der Waals surface area contributed by atoms with Crippen LogP contribution in [-0.4, -0.2) is 41.7 Å². The summed E-state index contributed by atoms with van der Waals surface area (Å²) < 4.78 is 0. The number of carboxylic acids is 1. The largest absolute Gasteiger partial charge is 0.480 e. The minimum atomic E-state index is -0.866. The zero-order valence-electron chi connectivity index (χ0n) is 8.07. The Morgan fingerprint density at radius 2 is 2.15 bits per heavy atom. The van der Waals surface area contributed by atoms with Gasteiger partial charge in [-0.25, -0.2) is 0 Å². The smallest absolute Gasteiger partial charge is 0.320 e. The number of carboxylic acid groups (broad SMARTS) is 1. The molecule has 4 heteroatoms. The number of nitrogens with two attached hydrogens (primary N) is 1. The number of piperidine rings is 1. The first-order chi connectivity index (χ1) is 6.15. The average molecular weight is 186 g/mol. The van der Waals surface area contributed by atoms with Gasteiger partial charge in [-0.2, -0.15) is 0 Å². The van der Waals surface area contributed by atoms with E-state index < -0.39 is 12.0 Å². The average Bonchev–Trinajstić information content (AvgIpc) is 2.17. The maximum atomic E-state index is 10.6. The van der Waals surface area contributed by atoms with E-state index in [1.807, 2.05) is 0 Å². The zero-order chi connectivity index (χ0) is 9.84. The van der Waals surface area contributed by atoms with Crippen molar-refractivity contribution in [1.82, 2.24) is 4.90 Å². The second-order valence-corrected chi connectivity index (χ2v) is 3.64. The quantitative estimate of drug-likeness (QED) is 0.657. The molecule has 0 aromatic rings. The molecule has 1 fully saturated rings. The lowest BCUT2D eigenvalue weighted by atomic mass is 9.90. The summed E-state index contributed by atoms with van der Waals surface area (Å²) in [5.74, 6) is -0.699. The van der Waals surface area contributed by atoms with E-state index in [9.17, 15) is 4.79 Å². The molecule has 0 aromatic carbocycles. The van der Waals surface area contributed by atoms with Gasteiger partial charge in [-0.15, -0.1) is 0 Å². The molecule has 1 saturated heterocycles. The Bertz CT molecular complexity index is 176. The molecule has 1 unspecified atom stereocenters. The molecule has 1 aliphatic heterocycles. The van der Waals surface area contributed by atoms with Gasteiger partial charge in [0.05, 0.1) is 0 Å². The van der Waals surface area contributed by atoms with Gasteiger partial charge in [0.2, 0.25) is 0 Å². The summed E-state index contributed by atoms with van der Waals surface area (Å²) in [4.78, 5) is 12.9. The Morgan fingerprint density at radius 3 is 2.54 bits per heavy atom. The Labute approximate surface area is 78.7 Å². The topological polar surface area (TPSA) is 66.6 Å². The van der Waals surface area contributed by atoms with Crippen LogP contribution in [0.2, 0.25) is 0 Å². The van der Waals surface area contributed by atoms with E-state index in [2.05, 4.69) is 11.8 Å². The van der Waals surface area contributed by atoms with Gasteiger partial charge in [0.1, 0.15) is 6.04 Å². The van der Waals surface area contributed by atoms with E-state index in [-0.39, 0.29) is 5.92 Å². The Hall–Kier alpha value is -0.610. The van der Waals surface area contributed by atoms with Gasteiger partial charge in [0, 0.05) is 0 Å². The highest BCUT2D eigenvalue weighted by Gasteiger charge is 2.27. The summed E-state index contributed by atoms with van der Waals surface area (Å²) in [6, 6.07) is -0.668. The molecular formula is C9H18N2O2. The third-order valence-corrected chi connectivity index (χ3v) is 2.87. The van der Waals surface area contributed by atoms with Crippen LogP contribution in [0.4, 0.5) is 0 Å². The van der Waals surface area contributed by atoms with Crippen molar-refractivity contribution >= 4 is 5.97 Å². The van der Waals surface area contributed by atoms with Crippen LogP contribution in [0, 0.1) is 5.92 Å². The maximum absolute atomic E-state index is 10.6. The second kappa shape index (κ2) is 4.58. The molecule has 1 atom stereocenters. The van der Waals surface area contributed by atoms with Crippen LogP contribution in [-0.2, 0) is 4.79 Å². The first-order valence-electron chi connectivity index (χ1n) is 4.86. The van der Waals surface area contributed by atoms with Crippen molar-refractivity contribution in [1.29, 1.82) is 0 Å². The lowest BCUT2D eigenvalue weighted by molar-refractivity contribution is -0.140. The molecule has 1 heterocycles. The van der Waals surface area contributed by atoms with E-state index in [4.69, 9.17) is 10.8 Å². The van der Waals surface area contributed by atoms with Gasteiger partial charge in [-0.3, -0.25) is 4.79 Å². The fourth-order valence-corrected chi connectivity index (χ4v) is 1.83. The van der Waals surface area contributed by atoms with Crippen molar-refractivity contribution < 1.29 is 9.90 Å². The van der Waals surface area contributed by atoms with E-state index in [1.54, 1.807) is 0 Å². The number of rotatable bonds is 3. The Morgan fingerprint density at radius 1 is 1.62 bits per heavy atom. The normalized spacial score (nSPS) is 22.9. The van der Waals surface area contributed by atoms with Crippen molar-refractivity contribution in [3.8, 4) is 0 Å². The van der Waals surface area contributed by atoms with Crippen molar-refractivity contribution in [3.63, 3.8) is 0 Å². The molecule has 0 radical (unpaired) electrons. The molecule has 13 heavy (non-hydrogen) atoms.